The van der Waals surface area contributed by atoms with Crippen LogP contribution in [0.3, 0.4) is 0 Å². The van der Waals surface area contributed by atoms with E-state index < -0.39 is 5.97 Å². The molecule has 0 saturated carbocycles. The van der Waals surface area contributed by atoms with Gasteiger partial charge in [-0.25, -0.2) is 0 Å². The van der Waals surface area contributed by atoms with Crippen LogP contribution in [0.25, 0.3) is 0 Å². The molecule has 14 heavy (non-hydrogen) atoms. The van der Waals surface area contributed by atoms with Crippen molar-refractivity contribution in [1.29, 1.82) is 0 Å². The van der Waals surface area contributed by atoms with Crippen molar-refractivity contribution in [3.05, 3.63) is 28.8 Å². The van der Waals surface area contributed by atoms with Crippen LogP contribution in [0.4, 0.5) is 5.69 Å². The molecule has 76 valence electrons. The maximum Gasteiger partial charge on any atom is 0.323 e. The number of nitrogens with zero attached hydrogens (tertiary/aromatic N) is 1. The summed E-state index contributed by atoms with van der Waals surface area (Å²) in [6.45, 7) is 1.89. The standard InChI is InChI=1S/C10H12ClNO2/c1-7-3-4-8(11)5-9(7)12(2)6-10(13)14/h3-5H,6H2,1-2H3,(H,13,14). The zero-order chi connectivity index (χ0) is 10.7. The second-order valence-electron chi connectivity index (χ2n) is 3.18. The first kappa shape index (κ1) is 10.9. The van der Waals surface area contributed by atoms with E-state index in [2.05, 4.69) is 0 Å². The number of anilines is 1. The Bertz CT molecular complexity index is 352. The van der Waals surface area contributed by atoms with Crippen molar-refractivity contribution in [2.24, 2.45) is 0 Å². The molecule has 0 atom stereocenters. The van der Waals surface area contributed by atoms with Gasteiger partial charge in [-0.15, -0.1) is 0 Å². The molecule has 1 N–H and O–H groups in total. The van der Waals surface area contributed by atoms with Gasteiger partial charge in [0.25, 0.3) is 0 Å². The maximum atomic E-state index is 10.5. The summed E-state index contributed by atoms with van der Waals surface area (Å²) in [5.74, 6) is -0.855. The zero-order valence-electron chi connectivity index (χ0n) is 8.12. The van der Waals surface area contributed by atoms with Crippen LogP contribution in [0.5, 0.6) is 0 Å². The Morgan fingerprint density at radius 1 is 1.57 bits per heavy atom. The fourth-order valence-corrected chi connectivity index (χ4v) is 1.45. The minimum atomic E-state index is -0.855. The quantitative estimate of drug-likeness (QED) is 0.837. The molecule has 0 amide bonds. The molecule has 1 rings (SSSR count). The fraction of sp³-hybridized carbons (Fsp3) is 0.300. The van der Waals surface area contributed by atoms with Crippen molar-refractivity contribution in [2.45, 2.75) is 6.92 Å². The molecule has 0 aliphatic heterocycles. The molecule has 3 nitrogen and oxygen atoms in total. The van der Waals surface area contributed by atoms with Crippen molar-refractivity contribution >= 4 is 23.3 Å². The highest BCUT2D eigenvalue weighted by molar-refractivity contribution is 6.30. The lowest BCUT2D eigenvalue weighted by Gasteiger charge is -2.19. The van der Waals surface area contributed by atoms with E-state index in [1.807, 2.05) is 13.0 Å². The predicted molar refractivity (Wildman–Crippen MR) is 57.1 cm³/mol. The van der Waals surface area contributed by atoms with Crippen molar-refractivity contribution in [3.8, 4) is 0 Å². The van der Waals surface area contributed by atoms with Gasteiger partial charge in [-0.2, -0.15) is 0 Å². The van der Waals surface area contributed by atoms with Crippen LogP contribution in [0, 0.1) is 6.92 Å². The third kappa shape index (κ3) is 2.64. The summed E-state index contributed by atoms with van der Waals surface area (Å²) >= 11 is 5.82. The second-order valence-corrected chi connectivity index (χ2v) is 3.62. The fourth-order valence-electron chi connectivity index (χ4n) is 1.28. The van der Waals surface area contributed by atoms with Crippen LogP contribution < -0.4 is 4.90 Å². The number of hydrogen-bond acceptors (Lipinski definition) is 2. The van der Waals surface area contributed by atoms with Gasteiger partial charge in [0, 0.05) is 17.8 Å². The lowest BCUT2D eigenvalue weighted by molar-refractivity contribution is -0.135. The number of aliphatic carboxylic acids is 1. The Hall–Kier alpha value is -1.22. The van der Waals surface area contributed by atoms with Crippen LogP contribution in [0.2, 0.25) is 5.02 Å². The Labute approximate surface area is 87.9 Å². The topological polar surface area (TPSA) is 40.5 Å². The molecule has 1 aromatic rings. The summed E-state index contributed by atoms with van der Waals surface area (Å²) in [7, 11) is 1.73. The lowest BCUT2D eigenvalue weighted by atomic mass is 10.2. The number of benzene rings is 1. The highest BCUT2D eigenvalue weighted by Gasteiger charge is 2.08. The Morgan fingerprint density at radius 3 is 2.79 bits per heavy atom. The van der Waals surface area contributed by atoms with E-state index in [1.165, 1.54) is 0 Å². The smallest absolute Gasteiger partial charge is 0.323 e. The van der Waals surface area contributed by atoms with E-state index in [1.54, 1.807) is 24.1 Å². The Balaban J connectivity index is 2.93. The van der Waals surface area contributed by atoms with Gasteiger partial charge in [0.15, 0.2) is 0 Å². The zero-order valence-corrected chi connectivity index (χ0v) is 8.88. The van der Waals surface area contributed by atoms with Crippen LogP contribution >= 0.6 is 11.6 Å². The molecule has 0 saturated heterocycles. The summed E-state index contributed by atoms with van der Waals surface area (Å²) in [6.07, 6.45) is 0. The lowest BCUT2D eigenvalue weighted by Crippen LogP contribution is -2.25. The van der Waals surface area contributed by atoms with Crippen LogP contribution in [0.15, 0.2) is 18.2 Å². The van der Waals surface area contributed by atoms with Crippen molar-refractivity contribution < 1.29 is 9.90 Å². The largest absolute Gasteiger partial charge is 0.480 e. The molecule has 0 spiro atoms. The van der Waals surface area contributed by atoms with E-state index >= 15 is 0 Å². The Kier molecular flexibility index (Phi) is 3.36. The van der Waals surface area contributed by atoms with E-state index in [-0.39, 0.29) is 6.54 Å². The average molecular weight is 214 g/mol. The minimum Gasteiger partial charge on any atom is -0.480 e. The van der Waals surface area contributed by atoms with Gasteiger partial charge in [-0.1, -0.05) is 17.7 Å². The molecular formula is C10H12ClNO2. The van der Waals surface area contributed by atoms with Crippen molar-refractivity contribution in [3.63, 3.8) is 0 Å². The third-order valence-electron chi connectivity index (χ3n) is 1.95. The van der Waals surface area contributed by atoms with E-state index in [9.17, 15) is 4.79 Å². The molecule has 0 heterocycles. The molecular weight excluding hydrogens is 202 g/mol. The molecule has 1 aromatic carbocycles. The number of hydrogen-bond donors (Lipinski definition) is 1. The van der Waals surface area contributed by atoms with Crippen molar-refractivity contribution in [1.82, 2.24) is 0 Å². The van der Waals surface area contributed by atoms with Crippen LogP contribution in [0.1, 0.15) is 5.56 Å². The number of likely N-dealkylation sites (N-methyl/N-ethyl adjacent to an activating group) is 1. The van der Waals surface area contributed by atoms with Crippen LogP contribution in [-0.4, -0.2) is 24.7 Å². The number of aryl methyl sites for hydroxylation is 1. The van der Waals surface area contributed by atoms with E-state index in [0.29, 0.717) is 5.02 Å². The average Bonchev–Trinajstić information content (AvgIpc) is 2.08. The predicted octanol–water partition coefficient (Wildman–Crippen LogP) is 2.17. The van der Waals surface area contributed by atoms with Gasteiger partial charge >= 0.3 is 5.97 Å². The number of carboxylic acid groups (broad SMARTS) is 1. The van der Waals surface area contributed by atoms with Crippen molar-refractivity contribution in [2.75, 3.05) is 18.5 Å². The first-order valence-corrected chi connectivity index (χ1v) is 4.57. The molecule has 4 heteroatoms. The third-order valence-corrected chi connectivity index (χ3v) is 2.19. The van der Waals surface area contributed by atoms with Gasteiger partial charge in [0.2, 0.25) is 0 Å². The van der Waals surface area contributed by atoms with Gasteiger partial charge in [0.05, 0.1) is 0 Å². The van der Waals surface area contributed by atoms with E-state index in [4.69, 9.17) is 16.7 Å². The molecule has 0 radical (unpaired) electrons. The molecule has 0 aliphatic carbocycles. The number of carboxylic acids is 1. The molecule has 0 unspecified atom stereocenters. The first-order valence-electron chi connectivity index (χ1n) is 4.20. The first-order chi connectivity index (χ1) is 6.50. The maximum absolute atomic E-state index is 10.5. The number of carbonyl (C=O) groups is 1. The summed E-state index contributed by atoms with van der Waals surface area (Å²) in [6, 6.07) is 5.42. The molecule has 0 aliphatic rings. The SMILES string of the molecule is Cc1ccc(Cl)cc1N(C)CC(=O)O. The van der Waals surface area contributed by atoms with Crippen LogP contribution in [-0.2, 0) is 4.79 Å². The Morgan fingerprint density at radius 2 is 2.21 bits per heavy atom. The normalized spacial score (nSPS) is 9.93. The van der Waals surface area contributed by atoms with Gasteiger partial charge < -0.3 is 10.0 Å². The van der Waals surface area contributed by atoms with Gasteiger partial charge in [0.1, 0.15) is 6.54 Å². The van der Waals surface area contributed by atoms with E-state index in [0.717, 1.165) is 11.3 Å². The highest BCUT2D eigenvalue weighted by Crippen LogP contribution is 2.22. The molecule has 0 bridgehead atoms. The summed E-state index contributed by atoms with van der Waals surface area (Å²) in [5, 5.41) is 9.24. The minimum absolute atomic E-state index is 0.0266. The molecule has 0 fully saturated rings. The monoisotopic (exact) mass is 213 g/mol. The second kappa shape index (κ2) is 4.33. The summed E-state index contributed by atoms with van der Waals surface area (Å²) < 4.78 is 0. The highest BCUT2D eigenvalue weighted by atomic mass is 35.5. The van der Waals surface area contributed by atoms with Gasteiger partial charge in [-0.3, -0.25) is 4.79 Å². The summed E-state index contributed by atoms with van der Waals surface area (Å²) in [5.41, 5.74) is 1.86. The van der Waals surface area contributed by atoms with Gasteiger partial charge in [-0.05, 0) is 24.6 Å². The number of halogens is 1. The number of rotatable bonds is 3. The molecule has 0 aromatic heterocycles. The summed E-state index contributed by atoms with van der Waals surface area (Å²) in [4.78, 5) is 12.2.